The van der Waals surface area contributed by atoms with Gasteiger partial charge in [-0.25, -0.2) is 9.97 Å². The van der Waals surface area contributed by atoms with Crippen LogP contribution in [0.5, 0.6) is 0 Å². The first kappa shape index (κ1) is 13.1. The molecule has 0 spiro atoms. The van der Waals surface area contributed by atoms with Crippen LogP contribution in [-0.2, 0) is 25.9 Å². The van der Waals surface area contributed by atoms with Crippen LogP contribution < -0.4 is 0 Å². The van der Waals surface area contributed by atoms with Gasteiger partial charge < -0.3 is 4.57 Å². The number of aryl methyl sites for hydroxylation is 4. The molecule has 5 nitrogen and oxygen atoms in total. The molecule has 0 saturated heterocycles. The van der Waals surface area contributed by atoms with Crippen molar-refractivity contribution in [2.45, 2.75) is 25.8 Å². The summed E-state index contributed by atoms with van der Waals surface area (Å²) in [5.74, 6) is 1.24. The van der Waals surface area contributed by atoms with E-state index in [-0.39, 0.29) is 0 Å². The number of hydrogen-bond acceptors (Lipinski definition) is 3. The number of halogens is 1. The second-order valence-corrected chi connectivity index (χ2v) is 5.11. The van der Waals surface area contributed by atoms with Gasteiger partial charge in [0.05, 0.1) is 11.6 Å². The fraction of sp³-hybridized carbons (Fsp3) is 0.357. The van der Waals surface area contributed by atoms with Crippen molar-refractivity contribution in [3.63, 3.8) is 0 Å². The Morgan fingerprint density at radius 3 is 2.75 bits per heavy atom. The van der Waals surface area contributed by atoms with Gasteiger partial charge in [0.1, 0.15) is 11.3 Å². The third-order valence-corrected chi connectivity index (χ3v) is 3.53. The van der Waals surface area contributed by atoms with Crippen molar-refractivity contribution < 1.29 is 0 Å². The molecule has 0 aliphatic heterocycles. The number of aromatic nitrogens is 5. The number of alkyl halides is 1. The highest BCUT2D eigenvalue weighted by Gasteiger charge is 2.11. The molecule has 3 rings (SSSR count). The van der Waals surface area contributed by atoms with E-state index in [1.54, 1.807) is 0 Å². The Bertz CT molecular complexity index is 743. The molecule has 20 heavy (non-hydrogen) atoms. The van der Waals surface area contributed by atoms with Gasteiger partial charge in [-0.05, 0) is 25.1 Å². The minimum Gasteiger partial charge on any atom is -0.311 e. The first-order chi connectivity index (χ1) is 9.67. The van der Waals surface area contributed by atoms with Gasteiger partial charge in [0, 0.05) is 31.9 Å². The van der Waals surface area contributed by atoms with Gasteiger partial charge in [0.15, 0.2) is 5.65 Å². The molecular weight excluding hydrogens is 274 g/mol. The lowest BCUT2D eigenvalue weighted by Crippen LogP contribution is -2.07. The molecule has 3 aromatic rings. The van der Waals surface area contributed by atoms with E-state index >= 15 is 0 Å². The lowest BCUT2D eigenvalue weighted by molar-refractivity contribution is 0.656. The summed E-state index contributed by atoms with van der Waals surface area (Å²) in [5.41, 5.74) is 3.84. The zero-order valence-corrected chi connectivity index (χ0v) is 12.3. The maximum atomic E-state index is 6.00. The summed E-state index contributed by atoms with van der Waals surface area (Å²) >= 11 is 6.00. The fourth-order valence-electron chi connectivity index (χ4n) is 2.30. The van der Waals surface area contributed by atoms with Crippen molar-refractivity contribution in [1.29, 1.82) is 0 Å². The van der Waals surface area contributed by atoms with Crippen molar-refractivity contribution >= 4 is 22.8 Å². The van der Waals surface area contributed by atoms with Gasteiger partial charge in [-0.2, -0.15) is 5.10 Å². The molecule has 0 radical (unpaired) electrons. The summed E-state index contributed by atoms with van der Waals surface area (Å²) in [7, 11) is 1.92. The smallest absolute Gasteiger partial charge is 0.160 e. The number of pyridine rings is 1. The Kier molecular flexibility index (Phi) is 3.44. The summed E-state index contributed by atoms with van der Waals surface area (Å²) in [4.78, 5) is 9.11. The van der Waals surface area contributed by atoms with Crippen LogP contribution in [0.25, 0.3) is 11.2 Å². The zero-order valence-electron chi connectivity index (χ0n) is 11.5. The molecule has 3 heterocycles. The predicted molar refractivity (Wildman–Crippen MR) is 78.7 cm³/mol. The van der Waals surface area contributed by atoms with Gasteiger partial charge >= 0.3 is 0 Å². The minimum atomic E-state index is 0.387. The van der Waals surface area contributed by atoms with E-state index in [4.69, 9.17) is 11.6 Å². The molecule has 0 aliphatic rings. The number of fused-ring (bicyclic) bond motifs is 1. The minimum absolute atomic E-state index is 0.387. The van der Waals surface area contributed by atoms with Crippen molar-refractivity contribution in [3.05, 3.63) is 41.6 Å². The molecule has 6 heteroatoms. The normalized spacial score (nSPS) is 11.3. The molecule has 3 aromatic heterocycles. The van der Waals surface area contributed by atoms with Crippen molar-refractivity contribution in [2.75, 3.05) is 0 Å². The Morgan fingerprint density at radius 1 is 1.20 bits per heavy atom. The molecule has 0 bridgehead atoms. The molecule has 0 aromatic carbocycles. The summed E-state index contributed by atoms with van der Waals surface area (Å²) < 4.78 is 3.90. The molecule has 0 aliphatic carbocycles. The van der Waals surface area contributed by atoms with Crippen LogP contribution in [0.3, 0.4) is 0 Å². The van der Waals surface area contributed by atoms with E-state index in [9.17, 15) is 0 Å². The molecule has 0 unspecified atom stereocenters. The molecule has 0 amide bonds. The highest BCUT2D eigenvalue weighted by Crippen LogP contribution is 2.17. The first-order valence-corrected chi connectivity index (χ1v) is 7.08. The fourth-order valence-corrected chi connectivity index (χ4v) is 2.51. The standard InChI is InChI=1S/C14H16ClN5/c1-10-3-4-12-14(16-10)20(13(9-15)17-12)8-6-11-5-7-19(2)18-11/h3-5,7H,6,8-9H2,1-2H3. The van der Waals surface area contributed by atoms with Crippen LogP contribution in [0, 0.1) is 6.92 Å². The van der Waals surface area contributed by atoms with Crippen LogP contribution in [-0.4, -0.2) is 24.3 Å². The number of rotatable bonds is 4. The molecular formula is C14H16ClN5. The van der Waals surface area contributed by atoms with Gasteiger partial charge in [-0.3, -0.25) is 4.68 Å². The quantitative estimate of drug-likeness (QED) is 0.693. The van der Waals surface area contributed by atoms with Crippen molar-refractivity contribution in [1.82, 2.24) is 24.3 Å². The summed E-state index contributed by atoms with van der Waals surface area (Å²) in [6, 6.07) is 5.99. The van der Waals surface area contributed by atoms with Crippen LogP contribution in [0.4, 0.5) is 0 Å². The molecule has 0 atom stereocenters. The number of nitrogens with zero attached hydrogens (tertiary/aromatic N) is 5. The highest BCUT2D eigenvalue weighted by molar-refractivity contribution is 6.16. The summed E-state index contributed by atoms with van der Waals surface area (Å²) in [6.45, 7) is 2.77. The zero-order chi connectivity index (χ0) is 14.1. The second-order valence-electron chi connectivity index (χ2n) is 4.84. The molecule has 0 saturated carbocycles. The Labute approximate surface area is 122 Å². The average molecular weight is 290 g/mol. The van der Waals surface area contributed by atoms with Crippen LogP contribution in [0.15, 0.2) is 24.4 Å². The van der Waals surface area contributed by atoms with E-state index in [0.717, 1.165) is 41.3 Å². The van der Waals surface area contributed by atoms with Crippen molar-refractivity contribution in [3.8, 4) is 0 Å². The van der Waals surface area contributed by atoms with E-state index < -0.39 is 0 Å². The second kappa shape index (κ2) is 5.25. The summed E-state index contributed by atoms with van der Waals surface area (Å²) in [5, 5.41) is 4.39. The van der Waals surface area contributed by atoms with E-state index in [1.807, 2.05) is 43.0 Å². The van der Waals surface area contributed by atoms with E-state index in [1.165, 1.54) is 0 Å². The maximum absolute atomic E-state index is 6.00. The number of imidazole rings is 1. The van der Waals surface area contributed by atoms with Crippen LogP contribution in [0.1, 0.15) is 17.2 Å². The van der Waals surface area contributed by atoms with Crippen molar-refractivity contribution in [2.24, 2.45) is 7.05 Å². The summed E-state index contributed by atoms with van der Waals surface area (Å²) in [6.07, 6.45) is 2.79. The molecule has 0 N–H and O–H groups in total. The molecule has 104 valence electrons. The van der Waals surface area contributed by atoms with Crippen LogP contribution in [0.2, 0.25) is 0 Å². The predicted octanol–water partition coefficient (Wildman–Crippen LogP) is 2.45. The van der Waals surface area contributed by atoms with Gasteiger partial charge in [-0.15, -0.1) is 11.6 Å². The van der Waals surface area contributed by atoms with E-state index in [0.29, 0.717) is 5.88 Å². The monoisotopic (exact) mass is 289 g/mol. The lowest BCUT2D eigenvalue weighted by atomic mass is 10.3. The topological polar surface area (TPSA) is 48.5 Å². The largest absolute Gasteiger partial charge is 0.311 e. The van der Waals surface area contributed by atoms with E-state index in [2.05, 4.69) is 19.6 Å². The van der Waals surface area contributed by atoms with Gasteiger partial charge in [-0.1, -0.05) is 0 Å². The lowest BCUT2D eigenvalue weighted by Gasteiger charge is -2.06. The maximum Gasteiger partial charge on any atom is 0.160 e. The third kappa shape index (κ3) is 2.41. The first-order valence-electron chi connectivity index (χ1n) is 6.54. The third-order valence-electron chi connectivity index (χ3n) is 3.29. The van der Waals surface area contributed by atoms with Gasteiger partial charge in [0.25, 0.3) is 0 Å². The Hall–Kier alpha value is -1.88. The average Bonchev–Trinajstić information content (AvgIpc) is 2.99. The number of hydrogen-bond donors (Lipinski definition) is 0. The van der Waals surface area contributed by atoms with Gasteiger partial charge in [0.2, 0.25) is 0 Å². The van der Waals surface area contributed by atoms with Crippen LogP contribution >= 0.6 is 11.6 Å². The SMILES string of the molecule is Cc1ccc2nc(CCl)n(CCc3ccn(C)n3)c2n1. The highest BCUT2D eigenvalue weighted by atomic mass is 35.5. The molecule has 0 fully saturated rings. The Balaban J connectivity index is 1.94. The Morgan fingerprint density at radius 2 is 2.05 bits per heavy atom.